The molecule has 0 aliphatic carbocycles. The zero-order valence-electron chi connectivity index (χ0n) is 22.9. The number of ether oxygens (including phenoxy) is 2. The van der Waals surface area contributed by atoms with Crippen molar-refractivity contribution < 1.29 is 28.6 Å². The molecule has 0 bridgehead atoms. The number of oxazole rings is 1. The van der Waals surface area contributed by atoms with Crippen molar-refractivity contribution >= 4 is 12.1 Å². The Kier molecular flexibility index (Phi) is 8.79. The Morgan fingerprint density at radius 1 is 1.00 bits per heavy atom. The lowest BCUT2D eigenvalue weighted by molar-refractivity contribution is -0.141. The largest absolute Gasteiger partial charge is 0.493 e. The van der Waals surface area contributed by atoms with Crippen molar-refractivity contribution in [3.05, 3.63) is 119 Å². The van der Waals surface area contributed by atoms with E-state index >= 15 is 0 Å². The Morgan fingerprint density at radius 3 is 2.49 bits per heavy atom. The van der Waals surface area contributed by atoms with Gasteiger partial charge >= 0.3 is 12.1 Å². The zero-order chi connectivity index (χ0) is 28.6. The monoisotopic (exact) mass is 552 g/mol. The van der Waals surface area contributed by atoms with E-state index < -0.39 is 18.0 Å². The highest BCUT2D eigenvalue weighted by Crippen LogP contribution is 2.28. The van der Waals surface area contributed by atoms with Crippen molar-refractivity contribution in [2.24, 2.45) is 5.92 Å². The normalized spacial score (nSPS) is 14.8. The Morgan fingerprint density at radius 2 is 1.73 bits per heavy atom. The molecule has 1 aliphatic heterocycles. The van der Waals surface area contributed by atoms with Gasteiger partial charge in [0.15, 0.2) is 0 Å². The van der Waals surface area contributed by atoms with Gasteiger partial charge in [-0.15, -0.1) is 0 Å². The summed E-state index contributed by atoms with van der Waals surface area (Å²) in [5.41, 5.74) is 4.19. The predicted octanol–water partition coefficient (Wildman–Crippen LogP) is 6.44. The van der Waals surface area contributed by atoms with Crippen LogP contribution in [0.4, 0.5) is 4.79 Å². The van der Waals surface area contributed by atoms with E-state index in [1.54, 1.807) is 6.20 Å². The lowest BCUT2D eigenvalue weighted by atomic mass is 9.88. The Labute approximate surface area is 238 Å². The minimum Gasteiger partial charge on any atom is -0.493 e. The van der Waals surface area contributed by atoms with Crippen molar-refractivity contribution in [1.29, 1.82) is 0 Å². The summed E-state index contributed by atoms with van der Waals surface area (Å²) in [5, 5.41) is 9.83. The smallest absolute Gasteiger partial charge is 0.414 e. The number of amides is 1. The second-order valence-corrected chi connectivity index (χ2v) is 9.93. The Balaban J connectivity index is 1.21. The standard InChI is InChI=1S/C33H32N2O6/c1-23-30(34-31(41-23)26-12-6-3-7-13-26)16-18-39-28-14-8-11-25(20-28)19-27-21-35(17-15-29(27)32(36)37)33(38)40-22-24-9-4-2-5-10-24/h2-14,20-21,29H,15-19,22H2,1H3,(H,36,37). The van der Waals surface area contributed by atoms with E-state index in [0.29, 0.717) is 43.1 Å². The number of carboxylic acid groups (broad SMARTS) is 1. The topological polar surface area (TPSA) is 102 Å². The van der Waals surface area contributed by atoms with Gasteiger partial charge in [0.1, 0.15) is 18.1 Å². The Hall–Kier alpha value is -4.85. The highest BCUT2D eigenvalue weighted by Gasteiger charge is 2.30. The van der Waals surface area contributed by atoms with Gasteiger partial charge in [0.25, 0.3) is 0 Å². The lowest BCUT2D eigenvalue weighted by Crippen LogP contribution is -2.36. The summed E-state index contributed by atoms with van der Waals surface area (Å²) in [6.07, 6.45) is 2.41. The molecule has 4 aromatic rings. The molecule has 0 spiro atoms. The third kappa shape index (κ3) is 7.22. The molecule has 1 N–H and O–H groups in total. The number of aliphatic carboxylic acids is 1. The average Bonchev–Trinajstić information content (AvgIpc) is 3.37. The van der Waals surface area contributed by atoms with E-state index in [2.05, 4.69) is 4.98 Å². The molecule has 0 saturated carbocycles. The van der Waals surface area contributed by atoms with Crippen molar-refractivity contribution in [1.82, 2.24) is 9.88 Å². The third-order valence-corrected chi connectivity index (χ3v) is 6.99. The number of carbonyl (C=O) groups is 2. The molecule has 1 aromatic heterocycles. The van der Waals surface area contributed by atoms with Crippen LogP contribution in [0, 0.1) is 12.8 Å². The number of rotatable bonds is 10. The minimum absolute atomic E-state index is 0.155. The van der Waals surface area contributed by atoms with E-state index in [0.717, 1.165) is 28.1 Å². The minimum atomic E-state index is -0.904. The fraction of sp³-hybridized carbons (Fsp3) is 0.242. The van der Waals surface area contributed by atoms with Crippen LogP contribution in [0.1, 0.15) is 29.0 Å². The van der Waals surface area contributed by atoms with Crippen LogP contribution < -0.4 is 4.74 Å². The summed E-state index contributed by atoms with van der Waals surface area (Å²) in [6.45, 7) is 2.74. The lowest BCUT2D eigenvalue weighted by Gasteiger charge is -2.29. The predicted molar refractivity (Wildman–Crippen MR) is 153 cm³/mol. The van der Waals surface area contributed by atoms with Crippen molar-refractivity contribution in [3.8, 4) is 17.2 Å². The number of carbonyl (C=O) groups excluding carboxylic acids is 1. The van der Waals surface area contributed by atoms with Gasteiger partial charge < -0.3 is 19.0 Å². The first-order valence-electron chi connectivity index (χ1n) is 13.6. The van der Waals surface area contributed by atoms with Gasteiger partial charge in [-0.2, -0.15) is 0 Å². The molecule has 0 fully saturated rings. The SMILES string of the molecule is Cc1oc(-c2ccccc2)nc1CCOc1cccc(CC2=CN(C(=O)OCc3ccccc3)CCC2C(=O)O)c1. The molecular weight excluding hydrogens is 520 g/mol. The van der Waals surface area contributed by atoms with Crippen LogP contribution in [0.2, 0.25) is 0 Å². The number of aromatic nitrogens is 1. The highest BCUT2D eigenvalue weighted by atomic mass is 16.6. The van der Waals surface area contributed by atoms with Gasteiger partial charge in [-0.25, -0.2) is 9.78 Å². The maximum atomic E-state index is 12.7. The van der Waals surface area contributed by atoms with E-state index in [1.807, 2.05) is 91.9 Å². The molecule has 0 saturated heterocycles. The number of carboxylic acids is 1. The average molecular weight is 553 g/mol. The first-order chi connectivity index (χ1) is 20.0. The van der Waals surface area contributed by atoms with Crippen LogP contribution in [-0.2, 0) is 29.0 Å². The summed E-state index contributed by atoms with van der Waals surface area (Å²) in [7, 11) is 0. The van der Waals surface area contributed by atoms with E-state index in [9.17, 15) is 14.7 Å². The first kappa shape index (κ1) is 27.7. The summed E-state index contributed by atoms with van der Waals surface area (Å²) in [4.78, 5) is 30.8. The maximum absolute atomic E-state index is 12.7. The molecule has 1 amide bonds. The molecule has 0 radical (unpaired) electrons. The number of hydrogen-bond donors (Lipinski definition) is 1. The molecule has 3 aromatic carbocycles. The van der Waals surface area contributed by atoms with E-state index in [4.69, 9.17) is 13.9 Å². The van der Waals surface area contributed by atoms with Crippen molar-refractivity contribution in [2.45, 2.75) is 32.8 Å². The number of aryl methyl sites for hydroxylation is 1. The summed E-state index contributed by atoms with van der Waals surface area (Å²) in [6, 6.07) is 26.8. The van der Waals surface area contributed by atoms with Gasteiger partial charge in [0.05, 0.1) is 18.2 Å². The number of benzene rings is 3. The fourth-order valence-electron chi connectivity index (χ4n) is 4.82. The molecule has 210 valence electrons. The number of hydrogen-bond acceptors (Lipinski definition) is 6. The molecule has 2 heterocycles. The molecule has 5 rings (SSSR count). The van der Waals surface area contributed by atoms with Gasteiger partial charge in [0.2, 0.25) is 5.89 Å². The quantitative estimate of drug-likeness (QED) is 0.241. The molecule has 8 heteroatoms. The van der Waals surface area contributed by atoms with Crippen LogP contribution in [0.15, 0.2) is 101 Å². The second-order valence-electron chi connectivity index (χ2n) is 9.93. The molecule has 8 nitrogen and oxygen atoms in total. The van der Waals surface area contributed by atoms with Gasteiger partial charge in [-0.3, -0.25) is 9.69 Å². The fourth-order valence-corrected chi connectivity index (χ4v) is 4.82. The van der Waals surface area contributed by atoms with Crippen LogP contribution in [0.3, 0.4) is 0 Å². The number of nitrogens with zero attached hydrogens (tertiary/aromatic N) is 2. The molecule has 41 heavy (non-hydrogen) atoms. The van der Waals surface area contributed by atoms with E-state index in [1.165, 1.54) is 4.90 Å². The zero-order valence-corrected chi connectivity index (χ0v) is 22.9. The van der Waals surface area contributed by atoms with Crippen molar-refractivity contribution in [2.75, 3.05) is 13.2 Å². The van der Waals surface area contributed by atoms with Crippen LogP contribution in [0.5, 0.6) is 5.75 Å². The van der Waals surface area contributed by atoms with Crippen LogP contribution in [-0.4, -0.2) is 40.2 Å². The van der Waals surface area contributed by atoms with Crippen molar-refractivity contribution in [3.63, 3.8) is 0 Å². The summed E-state index contributed by atoms with van der Waals surface area (Å²) >= 11 is 0. The van der Waals surface area contributed by atoms with Crippen LogP contribution >= 0.6 is 0 Å². The Bertz CT molecular complexity index is 1510. The van der Waals surface area contributed by atoms with Gasteiger partial charge in [-0.1, -0.05) is 60.7 Å². The summed E-state index contributed by atoms with van der Waals surface area (Å²) < 4.78 is 17.3. The third-order valence-electron chi connectivity index (χ3n) is 6.99. The highest BCUT2D eigenvalue weighted by molar-refractivity contribution is 5.76. The first-order valence-corrected chi connectivity index (χ1v) is 13.6. The van der Waals surface area contributed by atoms with Crippen LogP contribution in [0.25, 0.3) is 11.5 Å². The summed E-state index contributed by atoms with van der Waals surface area (Å²) in [5.74, 6) is 0.448. The second kappa shape index (κ2) is 13.0. The molecular formula is C33H32N2O6. The van der Waals surface area contributed by atoms with Gasteiger partial charge in [0, 0.05) is 24.7 Å². The molecule has 1 aliphatic rings. The molecule has 1 atom stereocenters. The van der Waals surface area contributed by atoms with E-state index in [-0.39, 0.29) is 13.2 Å². The van der Waals surface area contributed by atoms with Gasteiger partial charge in [-0.05, 0) is 60.7 Å². The molecule has 1 unspecified atom stereocenters. The maximum Gasteiger partial charge on any atom is 0.414 e.